The van der Waals surface area contributed by atoms with E-state index in [9.17, 15) is 9.59 Å². The lowest BCUT2D eigenvalue weighted by atomic mass is 9.99. The monoisotopic (exact) mass is 351 g/mol. The molecule has 1 aromatic heterocycles. The SMILES string of the molecule is COC(=O)c1c(-c2ccc(C)c(C)c2)csc1NC(=O)CCCl. The van der Waals surface area contributed by atoms with Crippen LogP contribution in [-0.4, -0.2) is 24.9 Å². The van der Waals surface area contributed by atoms with Gasteiger partial charge in [0, 0.05) is 23.2 Å². The molecule has 122 valence electrons. The highest BCUT2D eigenvalue weighted by Crippen LogP contribution is 2.36. The predicted molar refractivity (Wildman–Crippen MR) is 94.5 cm³/mol. The Labute approximate surface area is 144 Å². The molecule has 0 bridgehead atoms. The van der Waals surface area contributed by atoms with E-state index in [1.165, 1.54) is 24.0 Å². The first-order valence-corrected chi connectivity index (χ1v) is 8.52. The average Bonchev–Trinajstić information content (AvgIpc) is 2.93. The highest BCUT2D eigenvalue weighted by molar-refractivity contribution is 7.15. The van der Waals surface area contributed by atoms with Crippen molar-refractivity contribution in [2.75, 3.05) is 18.3 Å². The maximum absolute atomic E-state index is 12.2. The second kappa shape index (κ2) is 7.62. The number of hydrogen-bond acceptors (Lipinski definition) is 4. The van der Waals surface area contributed by atoms with Crippen molar-refractivity contribution >= 4 is 39.8 Å². The van der Waals surface area contributed by atoms with Crippen molar-refractivity contribution in [2.24, 2.45) is 0 Å². The molecule has 0 saturated carbocycles. The van der Waals surface area contributed by atoms with E-state index in [1.54, 1.807) is 0 Å². The molecule has 0 aliphatic rings. The number of ether oxygens (including phenoxy) is 1. The third kappa shape index (κ3) is 3.92. The molecule has 0 atom stereocenters. The zero-order valence-corrected chi connectivity index (χ0v) is 14.8. The van der Waals surface area contributed by atoms with Gasteiger partial charge in [0.1, 0.15) is 10.6 Å². The Kier molecular flexibility index (Phi) is 5.80. The van der Waals surface area contributed by atoms with Gasteiger partial charge < -0.3 is 10.1 Å². The second-order valence-electron chi connectivity index (χ2n) is 5.13. The number of amides is 1. The molecule has 1 aromatic carbocycles. The van der Waals surface area contributed by atoms with E-state index < -0.39 is 5.97 Å². The Morgan fingerprint density at radius 3 is 2.61 bits per heavy atom. The number of anilines is 1. The van der Waals surface area contributed by atoms with Crippen molar-refractivity contribution in [3.63, 3.8) is 0 Å². The number of methoxy groups -OCH3 is 1. The highest BCUT2D eigenvalue weighted by atomic mass is 35.5. The van der Waals surface area contributed by atoms with Crippen LogP contribution < -0.4 is 5.32 Å². The Morgan fingerprint density at radius 1 is 1.26 bits per heavy atom. The minimum Gasteiger partial charge on any atom is -0.465 e. The van der Waals surface area contributed by atoms with Gasteiger partial charge in [-0.25, -0.2) is 4.79 Å². The molecule has 2 rings (SSSR count). The van der Waals surface area contributed by atoms with E-state index in [0.29, 0.717) is 10.6 Å². The summed E-state index contributed by atoms with van der Waals surface area (Å²) in [6.07, 6.45) is 0.193. The Morgan fingerprint density at radius 2 is 2.00 bits per heavy atom. The van der Waals surface area contributed by atoms with Gasteiger partial charge in [0.05, 0.1) is 7.11 Å². The van der Waals surface area contributed by atoms with E-state index in [0.717, 1.165) is 16.7 Å². The minimum absolute atomic E-state index is 0.193. The summed E-state index contributed by atoms with van der Waals surface area (Å²) in [4.78, 5) is 24.0. The minimum atomic E-state index is -0.472. The van der Waals surface area contributed by atoms with E-state index in [2.05, 4.69) is 5.32 Å². The predicted octanol–water partition coefficient (Wildman–Crippen LogP) is 4.39. The number of carbonyl (C=O) groups is 2. The molecule has 0 aliphatic carbocycles. The first-order chi connectivity index (χ1) is 11.0. The molecule has 0 saturated heterocycles. The van der Waals surface area contributed by atoms with Crippen molar-refractivity contribution in [3.8, 4) is 11.1 Å². The first-order valence-electron chi connectivity index (χ1n) is 7.11. The maximum Gasteiger partial charge on any atom is 0.341 e. The quantitative estimate of drug-likeness (QED) is 0.642. The number of carbonyl (C=O) groups excluding carboxylic acids is 2. The number of nitrogens with one attached hydrogen (secondary N) is 1. The molecule has 0 radical (unpaired) electrons. The van der Waals surface area contributed by atoms with Crippen LogP contribution in [0, 0.1) is 13.8 Å². The molecule has 0 spiro atoms. The normalized spacial score (nSPS) is 10.4. The van der Waals surface area contributed by atoms with Crippen molar-refractivity contribution in [1.82, 2.24) is 0 Å². The zero-order valence-electron chi connectivity index (χ0n) is 13.2. The molecule has 6 heteroatoms. The fourth-order valence-corrected chi connectivity index (χ4v) is 3.30. The molecule has 0 aliphatic heterocycles. The topological polar surface area (TPSA) is 55.4 Å². The van der Waals surface area contributed by atoms with Crippen molar-refractivity contribution in [2.45, 2.75) is 20.3 Å². The lowest BCUT2D eigenvalue weighted by Crippen LogP contribution is -2.14. The summed E-state index contributed by atoms with van der Waals surface area (Å²) in [5.74, 6) is -0.464. The summed E-state index contributed by atoms with van der Waals surface area (Å²) >= 11 is 6.88. The third-order valence-electron chi connectivity index (χ3n) is 3.57. The number of hydrogen-bond donors (Lipinski definition) is 1. The van der Waals surface area contributed by atoms with Gasteiger partial charge in [0.2, 0.25) is 5.91 Å². The van der Waals surface area contributed by atoms with Crippen LogP contribution in [0.2, 0.25) is 0 Å². The fraction of sp³-hybridized carbons (Fsp3) is 0.294. The van der Waals surface area contributed by atoms with Gasteiger partial charge in [-0.1, -0.05) is 18.2 Å². The molecule has 0 fully saturated rings. The standard InChI is InChI=1S/C17H18ClNO3S/c1-10-4-5-12(8-11(10)2)13-9-23-16(15(13)17(21)22-3)19-14(20)6-7-18/h4-5,8-9H,6-7H2,1-3H3,(H,19,20). The molecule has 2 aromatic rings. The van der Waals surface area contributed by atoms with E-state index in [1.807, 2.05) is 37.4 Å². The molecular formula is C17H18ClNO3S. The smallest absolute Gasteiger partial charge is 0.341 e. The number of alkyl halides is 1. The van der Waals surface area contributed by atoms with Crippen LogP contribution >= 0.6 is 22.9 Å². The van der Waals surface area contributed by atoms with Crippen molar-refractivity contribution in [1.29, 1.82) is 0 Å². The Hall–Kier alpha value is -1.85. The summed E-state index contributed by atoms with van der Waals surface area (Å²) in [5, 5.41) is 5.08. The van der Waals surface area contributed by atoms with E-state index in [4.69, 9.17) is 16.3 Å². The van der Waals surface area contributed by atoms with E-state index in [-0.39, 0.29) is 18.2 Å². The van der Waals surface area contributed by atoms with E-state index >= 15 is 0 Å². The lowest BCUT2D eigenvalue weighted by Gasteiger charge is -2.08. The molecule has 1 amide bonds. The van der Waals surface area contributed by atoms with Crippen LogP contribution in [0.25, 0.3) is 11.1 Å². The van der Waals surface area contributed by atoms with Crippen LogP contribution in [-0.2, 0) is 9.53 Å². The summed E-state index contributed by atoms with van der Waals surface area (Å²) in [6, 6.07) is 5.99. The summed E-state index contributed by atoms with van der Waals surface area (Å²) in [5.41, 5.74) is 4.37. The lowest BCUT2D eigenvalue weighted by molar-refractivity contribution is -0.115. The fourth-order valence-electron chi connectivity index (χ4n) is 2.15. The van der Waals surface area contributed by atoms with Crippen LogP contribution in [0.1, 0.15) is 27.9 Å². The highest BCUT2D eigenvalue weighted by Gasteiger charge is 2.22. The van der Waals surface area contributed by atoms with Crippen LogP contribution in [0.15, 0.2) is 23.6 Å². The van der Waals surface area contributed by atoms with Gasteiger partial charge in [0.15, 0.2) is 0 Å². The summed E-state index contributed by atoms with van der Waals surface area (Å²) in [6.45, 7) is 4.05. The second-order valence-corrected chi connectivity index (χ2v) is 6.39. The van der Waals surface area contributed by atoms with Crippen LogP contribution in [0.3, 0.4) is 0 Å². The Balaban J connectivity index is 2.47. The van der Waals surface area contributed by atoms with Crippen LogP contribution in [0.4, 0.5) is 5.00 Å². The number of thiophene rings is 1. The number of halogens is 1. The summed E-state index contributed by atoms with van der Waals surface area (Å²) in [7, 11) is 1.33. The molecule has 1 N–H and O–H groups in total. The third-order valence-corrected chi connectivity index (χ3v) is 4.66. The molecular weight excluding hydrogens is 334 g/mol. The molecule has 4 nitrogen and oxygen atoms in total. The van der Waals surface area contributed by atoms with Gasteiger partial charge in [-0.05, 0) is 30.5 Å². The zero-order chi connectivity index (χ0) is 17.0. The van der Waals surface area contributed by atoms with Gasteiger partial charge in [-0.15, -0.1) is 22.9 Å². The van der Waals surface area contributed by atoms with Crippen molar-refractivity contribution < 1.29 is 14.3 Å². The van der Waals surface area contributed by atoms with Gasteiger partial charge in [0.25, 0.3) is 0 Å². The summed E-state index contributed by atoms with van der Waals surface area (Å²) < 4.78 is 4.88. The Bertz CT molecular complexity index is 739. The first kappa shape index (κ1) is 17.5. The number of benzene rings is 1. The number of esters is 1. The largest absolute Gasteiger partial charge is 0.465 e. The average molecular weight is 352 g/mol. The van der Waals surface area contributed by atoms with Gasteiger partial charge in [-0.2, -0.15) is 0 Å². The number of aryl methyl sites for hydroxylation is 2. The van der Waals surface area contributed by atoms with Crippen molar-refractivity contribution in [3.05, 3.63) is 40.3 Å². The molecule has 0 unspecified atom stereocenters. The molecule has 23 heavy (non-hydrogen) atoms. The van der Waals surface area contributed by atoms with Gasteiger partial charge in [-0.3, -0.25) is 4.79 Å². The molecule has 1 heterocycles. The van der Waals surface area contributed by atoms with Gasteiger partial charge >= 0.3 is 5.97 Å². The maximum atomic E-state index is 12.2. The number of rotatable bonds is 5. The van der Waals surface area contributed by atoms with Crippen LogP contribution in [0.5, 0.6) is 0 Å².